The van der Waals surface area contributed by atoms with Crippen LogP contribution in [-0.2, 0) is 16.1 Å². The lowest BCUT2D eigenvalue weighted by atomic mass is 9.83. The first-order valence-electron chi connectivity index (χ1n) is 9.17. The van der Waals surface area contributed by atoms with Gasteiger partial charge in [0.05, 0.1) is 0 Å². The number of aromatic nitrogens is 1. The van der Waals surface area contributed by atoms with E-state index in [2.05, 4.69) is 5.32 Å². The highest BCUT2D eigenvalue weighted by atomic mass is 16.6. The molecule has 2 bridgehead atoms. The van der Waals surface area contributed by atoms with E-state index in [0.717, 1.165) is 12.1 Å². The molecule has 1 saturated heterocycles. The number of carbonyl (C=O) groups excluding carboxylic acids is 2. The van der Waals surface area contributed by atoms with Gasteiger partial charge < -0.3 is 19.5 Å². The average molecular weight is 361 g/mol. The molecular formula is C19H27N3O4. The van der Waals surface area contributed by atoms with E-state index in [1.165, 1.54) is 0 Å². The van der Waals surface area contributed by atoms with Gasteiger partial charge in [-0.2, -0.15) is 0 Å². The Hall–Kier alpha value is -2.31. The molecule has 1 aromatic heterocycles. The molecule has 26 heavy (non-hydrogen) atoms. The van der Waals surface area contributed by atoms with Gasteiger partial charge in [0.2, 0.25) is 5.91 Å². The van der Waals surface area contributed by atoms with Crippen molar-refractivity contribution in [2.24, 2.45) is 5.92 Å². The summed E-state index contributed by atoms with van der Waals surface area (Å²) in [6, 6.07) is 5.37. The number of ether oxygens (including phenoxy) is 1. The normalized spacial score (nSPS) is 21.7. The first-order valence-corrected chi connectivity index (χ1v) is 9.17. The Morgan fingerprint density at radius 1 is 1.23 bits per heavy atom. The molecule has 7 nitrogen and oxygen atoms in total. The summed E-state index contributed by atoms with van der Waals surface area (Å²) in [5.74, 6) is 0.547. The van der Waals surface area contributed by atoms with Crippen molar-refractivity contribution in [3.05, 3.63) is 34.2 Å². The second-order valence-corrected chi connectivity index (χ2v) is 8.18. The van der Waals surface area contributed by atoms with E-state index >= 15 is 0 Å². The lowest BCUT2D eigenvalue weighted by Gasteiger charge is -2.42. The van der Waals surface area contributed by atoms with Crippen molar-refractivity contribution in [2.75, 3.05) is 19.6 Å². The van der Waals surface area contributed by atoms with Gasteiger partial charge in [-0.3, -0.25) is 9.59 Å². The zero-order valence-corrected chi connectivity index (χ0v) is 15.7. The molecule has 2 amide bonds. The zero-order chi connectivity index (χ0) is 18.9. The summed E-state index contributed by atoms with van der Waals surface area (Å²) < 4.78 is 7.02. The lowest BCUT2D eigenvalue weighted by Crippen LogP contribution is -2.49. The van der Waals surface area contributed by atoms with Crippen LogP contribution >= 0.6 is 0 Å². The Morgan fingerprint density at radius 2 is 2.00 bits per heavy atom. The highest BCUT2D eigenvalue weighted by Gasteiger charge is 2.35. The van der Waals surface area contributed by atoms with Gasteiger partial charge >= 0.3 is 6.09 Å². The van der Waals surface area contributed by atoms with Crippen LogP contribution in [0, 0.1) is 5.92 Å². The summed E-state index contributed by atoms with van der Waals surface area (Å²) in [6.45, 7) is 7.63. The van der Waals surface area contributed by atoms with E-state index in [-0.39, 0.29) is 30.3 Å². The second-order valence-electron chi connectivity index (χ2n) is 8.18. The standard InChI is InChI=1S/C19H27N3O4/c1-19(2,3)26-18(25)20-8-7-16(23)21-10-13-9-14(12-21)15-5-4-6-17(24)22(15)11-13/h4-6,13-14H,7-12H2,1-3H3,(H,20,25)/t13-,14+/m0/s1. The third kappa shape index (κ3) is 4.26. The molecule has 0 saturated carbocycles. The maximum absolute atomic E-state index is 12.5. The van der Waals surface area contributed by atoms with Crippen molar-refractivity contribution in [1.82, 2.24) is 14.8 Å². The van der Waals surface area contributed by atoms with Crippen molar-refractivity contribution in [3.63, 3.8) is 0 Å². The predicted octanol–water partition coefficient (Wildman–Crippen LogP) is 1.71. The van der Waals surface area contributed by atoms with Gasteiger partial charge in [-0.05, 0) is 39.2 Å². The van der Waals surface area contributed by atoms with Gasteiger partial charge in [0.15, 0.2) is 0 Å². The minimum atomic E-state index is -0.552. The van der Waals surface area contributed by atoms with E-state index in [0.29, 0.717) is 25.6 Å². The van der Waals surface area contributed by atoms with E-state index in [1.807, 2.05) is 15.5 Å². The van der Waals surface area contributed by atoms with Crippen LogP contribution in [0.2, 0.25) is 0 Å². The summed E-state index contributed by atoms with van der Waals surface area (Å²) >= 11 is 0. The van der Waals surface area contributed by atoms with Gasteiger partial charge in [0.25, 0.3) is 5.56 Å². The summed E-state index contributed by atoms with van der Waals surface area (Å²) in [6.07, 6.45) is 0.762. The number of hydrogen-bond donors (Lipinski definition) is 1. The van der Waals surface area contributed by atoms with Crippen LogP contribution in [-0.4, -0.2) is 46.7 Å². The highest BCUT2D eigenvalue weighted by Crippen LogP contribution is 2.35. The van der Waals surface area contributed by atoms with Crippen LogP contribution in [0.1, 0.15) is 45.2 Å². The summed E-state index contributed by atoms with van der Waals surface area (Å²) in [7, 11) is 0. The molecular weight excluding hydrogens is 334 g/mol. The second kappa shape index (κ2) is 7.13. The Kier molecular flexibility index (Phi) is 5.07. The number of fused-ring (bicyclic) bond motifs is 4. The molecule has 2 aliphatic rings. The average Bonchev–Trinajstić information content (AvgIpc) is 2.54. The van der Waals surface area contributed by atoms with Crippen molar-refractivity contribution in [2.45, 2.75) is 51.7 Å². The number of alkyl carbamates (subject to hydrolysis) is 1. The largest absolute Gasteiger partial charge is 0.444 e. The lowest BCUT2D eigenvalue weighted by molar-refractivity contribution is -0.133. The maximum atomic E-state index is 12.5. The van der Waals surface area contributed by atoms with Crippen molar-refractivity contribution in [3.8, 4) is 0 Å². The van der Waals surface area contributed by atoms with Crippen LogP contribution in [0.3, 0.4) is 0 Å². The van der Waals surface area contributed by atoms with Gasteiger partial charge in [0.1, 0.15) is 5.60 Å². The fourth-order valence-electron chi connectivity index (χ4n) is 3.84. The number of hydrogen-bond acceptors (Lipinski definition) is 4. The van der Waals surface area contributed by atoms with Crippen molar-refractivity contribution in [1.29, 1.82) is 0 Å². The molecule has 0 unspecified atom stereocenters. The number of nitrogens with zero attached hydrogens (tertiary/aromatic N) is 2. The molecule has 3 heterocycles. The number of nitrogens with one attached hydrogen (secondary N) is 1. The molecule has 0 radical (unpaired) electrons. The van der Waals surface area contributed by atoms with E-state index in [1.54, 1.807) is 32.9 Å². The van der Waals surface area contributed by atoms with Gasteiger partial charge in [-0.15, -0.1) is 0 Å². The monoisotopic (exact) mass is 361 g/mol. The number of amides is 2. The minimum absolute atomic E-state index is 0.0301. The fraction of sp³-hybridized carbons (Fsp3) is 0.632. The molecule has 0 spiro atoms. The van der Waals surface area contributed by atoms with Crippen LogP contribution in [0.25, 0.3) is 0 Å². The summed E-state index contributed by atoms with van der Waals surface area (Å²) in [5.41, 5.74) is 0.515. The van der Waals surface area contributed by atoms with Gasteiger partial charge in [-0.1, -0.05) is 6.07 Å². The molecule has 2 aliphatic heterocycles. The third-order valence-electron chi connectivity index (χ3n) is 4.84. The number of rotatable bonds is 3. The van der Waals surface area contributed by atoms with Crippen LogP contribution in [0.5, 0.6) is 0 Å². The van der Waals surface area contributed by atoms with Crippen molar-refractivity contribution < 1.29 is 14.3 Å². The fourth-order valence-corrected chi connectivity index (χ4v) is 3.84. The molecule has 1 fully saturated rings. The smallest absolute Gasteiger partial charge is 0.407 e. The zero-order valence-electron chi connectivity index (χ0n) is 15.7. The molecule has 3 rings (SSSR count). The Morgan fingerprint density at radius 3 is 2.73 bits per heavy atom. The first-order chi connectivity index (χ1) is 12.2. The van der Waals surface area contributed by atoms with Gasteiger partial charge in [0, 0.05) is 50.3 Å². The van der Waals surface area contributed by atoms with Gasteiger partial charge in [-0.25, -0.2) is 4.79 Å². The maximum Gasteiger partial charge on any atom is 0.407 e. The Bertz CT molecular complexity index is 750. The SMILES string of the molecule is CC(C)(C)OC(=O)NCCC(=O)N1C[C@@H]2C[C@H](C1)c1cccc(=O)n1C2. The minimum Gasteiger partial charge on any atom is -0.444 e. The Labute approximate surface area is 153 Å². The topological polar surface area (TPSA) is 80.6 Å². The Balaban J connectivity index is 1.55. The summed E-state index contributed by atoms with van der Waals surface area (Å²) in [4.78, 5) is 38.1. The van der Waals surface area contributed by atoms with E-state index < -0.39 is 11.7 Å². The summed E-state index contributed by atoms with van der Waals surface area (Å²) in [5, 5.41) is 2.63. The predicted molar refractivity (Wildman–Crippen MR) is 97.0 cm³/mol. The number of piperidine rings is 1. The molecule has 7 heteroatoms. The molecule has 1 aromatic rings. The molecule has 2 atom stereocenters. The molecule has 1 N–H and O–H groups in total. The van der Waals surface area contributed by atoms with Crippen molar-refractivity contribution >= 4 is 12.0 Å². The number of pyridine rings is 1. The molecule has 142 valence electrons. The van der Waals surface area contributed by atoms with Crippen LogP contribution in [0.15, 0.2) is 23.0 Å². The van der Waals surface area contributed by atoms with E-state index in [4.69, 9.17) is 4.74 Å². The van der Waals surface area contributed by atoms with E-state index in [9.17, 15) is 14.4 Å². The number of likely N-dealkylation sites (tertiary alicyclic amines) is 1. The van der Waals surface area contributed by atoms with Crippen LogP contribution in [0.4, 0.5) is 4.79 Å². The highest BCUT2D eigenvalue weighted by molar-refractivity contribution is 5.77. The number of carbonyl (C=O) groups is 2. The first kappa shape index (κ1) is 18.5. The third-order valence-corrected chi connectivity index (χ3v) is 4.84. The van der Waals surface area contributed by atoms with Crippen LogP contribution < -0.4 is 10.9 Å². The molecule has 0 aromatic carbocycles. The molecule has 0 aliphatic carbocycles. The quantitative estimate of drug-likeness (QED) is 0.889.